The molecule has 0 fully saturated rings. The molecule has 2 rings (SSSR count). The Labute approximate surface area is 105 Å². The molecule has 0 spiro atoms. The lowest BCUT2D eigenvalue weighted by Crippen LogP contribution is -2.18. The molecule has 1 atom stereocenters. The first-order valence-corrected chi connectivity index (χ1v) is 6.39. The van der Waals surface area contributed by atoms with Crippen LogP contribution in [0.2, 0.25) is 0 Å². The molecule has 0 aliphatic carbocycles. The van der Waals surface area contributed by atoms with Crippen molar-refractivity contribution in [2.24, 2.45) is 0 Å². The molecule has 0 aliphatic heterocycles. The monoisotopic (exact) mass is 250 g/mol. The highest BCUT2D eigenvalue weighted by Gasteiger charge is 2.06. The normalized spacial score (nSPS) is 12.4. The Hall–Kier alpha value is -1.42. The molecule has 1 unspecified atom stereocenters. The zero-order chi connectivity index (χ0) is 12.3. The van der Waals surface area contributed by atoms with Gasteiger partial charge in [-0.3, -0.25) is 0 Å². The molecular weight excluding hydrogens is 235 g/mol. The Morgan fingerprint density at radius 3 is 2.82 bits per heavy atom. The maximum atomic E-state index is 12.9. The minimum Gasteiger partial charge on any atom is -0.367 e. The first-order chi connectivity index (χ1) is 8.13. The van der Waals surface area contributed by atoms with Crippen molar-refractivity contribution in [2.45, 2.75) is 26.3 Å². The number of aromatic nitrogens is 1. The minimum atomic E-state index is -0.450. The fraction of sp³-hybridized carbons (Fsp3) is 0.308. The topological polar surface area (TPSA) is 24.9 Å². The number of pyridine rings is 1. The third-order valence-electron chi connectivity index (χ3n) is 2.41. The van der Waals surface area contributed by atoms with Crippen molar-refractivity contribution >= 4 is 17.2 Å². The Bertz CT molecular complexity index is 496. The Balaban J connectivity index is 1.95. The standard InChI is InChI=1S/C13H15FN2S/c1-9(8-11-7-6-10(2)17-11)15-13-5-3-4-12(14)16-13/h3-7,9H,8H2,1-2H3,(H,15,16). The van der Waals surface area contributed by atoms with Gasteiger partial charge in [0.05, 0.1) is 0 Å². The van der Waals surface area contributed by atoms with E-state index in [1.54, 1.807) is 23.5 Å². The number of aryl methyl sites for hydroxylation is 1. The van der Waals surface area contributed by atoms with Crippen LogP contribution in [0.1, 0.15) is 16.7 Å². The van der Waals surface area contributed by atoms with E-state index in [1.807, 2.05) is 0 Å². The third kappa shape index (κ3) is 3.53. The van der Waals surface area contributed by atoms with Crippen molar-refractivity contribution in [3.05, 3.63) is 46.0 Å². The van der Waals surface area contributed by atoms with Gasteiger partial charge in [-0.05, 0) is 38.1 Å². The van der Waals surface area contributed by atoms with Crippen LogP contribution >= 0.6 is 11.3 Å². The summed E-state index contributed by atoms with van der Waals surface area (Å²) in [6, 6.07) is 9.27. The molecule has 2 aromatic heterocycles. The second-order valence-electron chi connectivity index (χ2n) is 4.11. The lowest BCUT2D eigenvalue weighted by atomic mass is 10.2. The third-order valence-corrected chi connectivity index (χ3v) is 3.44. The predicted octanol–water partition coefficient (Wildman–Crippen LogP) is 3.63. The van der Waals surface area contributed by atoms with Gasteiger partial charge in [-0.1, -0.05) is 6.07 Å². The molecule has 0 saturated heterocycles. The zero-order valence-electron chi connectivity index (χ0n) is 9.90. The van der Waals surface area contributed by atoms with E-state index in [-0.39, 0.29) is 6.04 Å². The van der Waals surface area contributed by atoms with Gasteiger partial charge in [-0.15, -0.1) is 11.3 Å². The van der Waals surface area contributed by atoms with E-state index in [9.17, 15) is 4.39 Å². The molecule has 4 heteroatoms. The van der Waals surface area contributed by atoms with Crippen LogP contribution < -0.4 is 5.32 Å². The maximum Gasteiger partial charge on any atom is 0.214 e. The quantitative estimate of drug-likeness (QED) is 0.838. The molecule has 0 amide bonds. The van der Waals surface area contributed by atoms with Crippen molar-refractivity contribution in [1.82, 2.24) is 4.98 Å². The molecule has 1 N–H and O–H groups in total. The van der Waals surface area contributed by atoms with Gasteiger partial charge in [-0.2, -0.15) is 4.39 Å². The molecule has 17 heavy (non-hydrogen) atoms. The maximum absolute atomic E-state index is 12.9. The highest BCUT2D eigenvalue weighted by molar-refractivity contribution is 7.11. The van der Waals surface area contributed by atoms with Crippen molar-refractivity contribution in [3.8, 4) is 0 Å². The highest BCUT2D eigenvalue weighted by Crippen LogP contribution is 2.18. The molecule has 0 bridgehead atoms. The second-order valence-corrected chi connectivity index (χ2v) is 5.48. The van der Waals surface area contributed by atoms with Gasteiger partial charge in [0, 0.05) is 22.2 Å². The van der Waals surface area contributed by atoms with E-state index < -0.39 is 5.95 Å². The number of hydrogen-bond acceptors (Lipinski definition) is 3. The molecule has 2 aromatic rings. The van der Waals surface area contributed by atoms with Gasteiger partial charge in [0.25, 0.3) is 0 Å². The van der Waals surface area contributed by atoms with Crippen molar-refractivity contribution < 1.29 is 4.39 Å². The van der Waals surface area contributed by atoms with Gasteiger partial charge < -0.3 is 5.32 Å². The first kappa shape index (κ1) is 12.0. The lowest BCUT2D eigenvalue weighted by molar-refractivity contribution is 0.584. The number of nitrogens with zero attached hydrogens (tertiary/aromatic N) is 1. The van der Waals surface area contributed by atoms with E-state index in [2.05, 4.69) is 36.3 Å². The summed E-state index contributed by atoms with van der Waals surface area (Å²) in [4.78, 5) is 6.43. The van der Waals surface area contributed by atoms with E-state index in [0.717, 1.165) is 6.42 Å². The fourth-order valence-electron chi connectivity index (χ4n) is 1.69. The molecule has 2 heterocycles. The van der Waals surface area contributed by atoms with E-state index in [4.69, 9.17) is 0 Å². The smallest absolute Gasteiger partial charge is 0.214 e. The van der Waals surface area contributed by atoms with Crippen LogP contribution in [0.3, 0.4) is 0 Å². The van der Waals surface area contributed by atoms with Gasteiger partial charge in [0.15, 0.2) is 0 Å². The molecular formula is C13H15FN2S. The van der Waals surface area contributed by atoms with Gasteiger partial charge in [0.2, 0.25) is 5.95 Å². The predicted molar refractivity (Wildman–Crippen MR) is 70.0 cm³/mol. The van der Waals surface area contributed by atoms with Crippen molar-refractivity contribution in [2.75, 3.05) is 5.32 Å². The van der Waals surface area contributed by atoms with E-state index in [0.29, 0.717) is 5.82 Å². The summed E-state index contributed by atoms with van der Waals surface area (Å²) in [5.74, 6) is 0.139. The average Bonchev–Trinajstić information content (AvgIpc) is 2.63. The Kier molecular flexibility index (Phi) is 3.74. The molecule has 0 radical (unpaired) electrons. The van der Waals surface area contributed by atoms with Crippen LogP contribution in [0.15, 0.2) is 30.3 Å². The SMILES string of the molecule is Cc1ccc(CC(C)Nc2cccc(F)n2)s1. The largest absolute Gasteiger partial charge is 0.367 e. The van der Waals surface area contributed by atoms with Crippen LogP contribution in [0.5, 0.6) is 0 Å². The summed E-state index contributed by atoms with van der Waals surface area (Å²) in [7, 11) is 0. The highest BCUT2D eigenvalue weighted by atomic mass is 32.1. The van der Waals surface area contributed by atoms with Gasteiger partial charge in [-0.25, -0.2) is 4.98 Å². The van der Waals surface area contributed by atoms with Crippen molar-refractivity contribution in [1.29, 1.82) is 0 Å². The Morgan fingerprint density at radius 2 is 2.18 bits per heavy atom. The molecule has 0 aliphatic rings. The number of thiophene rings is 1. The number of halogens is 1. The van der Waals surface area contributed by atoms with E-state index >= 15 is 0 Å². The number of hydrogen-bond donors (Lipinski definition) is 1. The number of rotatable bonds is 4. The summed E-state index contributed by atoms with van der Waals surface area (Å²) < 4.78 is 12.9. The van der Waals surface area contributed by atoms with Crippen LogP contribution in [-0.4, -0.2) is 11.0 Å². The summed E-state index contributed by atoms with van der Waals surface area (Å²) in [6.07, 6.45) is 0.927. The van der Waals surface area contributed by atoms with Crippen molar-refractivity contribution in [3.63, 3.8) is 0 Å². The van der Waals surface area contributed by atoms with Gasteiger partial charge >= 0.3 is 0 Å². The second kappa shape index (κ2) is 5.27. The van der Waals surface area contributed by atoms with Gasteiger partial charge in [0.1, 0.15) is 5.82 Å². The van der Waals surface area contributed by atoms with Crippen LogP contribution in [-0.2, 0) is 6.42 Å². The Morgan fingerprint density at radius 1 is 1.35 bits per heavy atom. The summed E-state index contributed by atoms with van der Waals surface area (Å²) >= 11 is 1.80. The van der Waals surface area contributed by atoms with Crippen LogP contribution in [0.25, 0.3) is 0 Å². The van der Waals surface area contributed by atoms with E-state index in [1.165, 1.54) is 15.8 Å². The average molecular weight is 250 g/mol. The van der Waals surface area contributed by atoms with Crippen LogP contribution in [0, 0.1) is 12.9 Å². The molecule has 0 saturated carbocycles. The molecule has 0 aromatic carbocycles. The van der Waals surface area contributed by atoms with Crippen LogP contribution in [0.4, 0.5) is 10.2 Å². The zero-order valence-corrected chi connectivity index (χ0v) is 10.7. The minimum absolute atomic E-state index is 0.238. The molecule has 2 nitrogen and oxygen atoms in total. The molecule has 90 valence electrons. The first-order valence-electron chi connectivity index (χ1n) is 5.58. The lowest BCUT2D eigenvalue weighted by Gasteiger charge is -2.13. The summed E-state index contributed by atoms with van der Waals surface area (Å²) in [6.45, 7) is 4.17. The summed E-state index contributed by atoms with van der Waals surface area (Å²) in [5, 5.41) is 3.20. The summed E-state index contributed by atoms with van der Waals surface area (Å²) in [5.41, 5.74) is 0. The number of anilines is 1. The fourth-order valence-corrected chi connectivity index (χ4v) is 2.71. The number of nitrogens with one attached hydrogen (secondary N) is 1.